The number of fused-ring (bicyclic) bond motifs is 4. The van der Waals surface area contributed by atoms with Crippen molar-refractivity contribution < 1.29 is 0 Å². The third kappa shape index (κ3) is 5.78. The van der Waals surface area contributed by atoms with Crippen molar-refractivity contribution in [3.05, 3.63) is 271 Å². The first kappa shape index (κ1) is 35.4. The maximum Gasteiger partial charge on any atom is 0.0713 e. The van der Waals surface area contributed by atoms with E-state index in [1.807, 2.05) is 0 Å². The quantitative estimate of drug-likeness (QED) is 0.149. The highest BCUT2D eigenvalue weighted by atomic mass is 15.1. The SMILES string of the molecule is c1ccc(-c2ccc(N(c3ccc(-c4cccc5c4-c4ccccc4C5(c4ccccc4)c4ccccc4)cc3)c3ccc(-c4ccccc4)c4ccccc34)cc2)cc1. The van der Waals surface area contributed by atoms with Gasteiger partial charge in [0.2, 0.25) is 0 Å². The van der Waals surface area contributed by atoms with Gasteiger partial charge in [0.15, 0.2) is 0 Å². The molecule has 0 unspecified atom stereocenters. The molecule has 0 spiro atoms. The molecule has 0 radical (unpaired) electrons. The molecule has 1 nitrogen and oxygen atoms in total. The molecule has 0 saturated carbocycles. The Kier molecular flexibility index (Phi) is 8.79. The van der Waals surface area contributed by atoms with E-state index < -0.39 is 5.41 Å². The molecular formula is C59H41N. The fourth-order valence-corrected chi connectivity index (χ4v) is 9.73. The first-order valence-corrected chi connectivity index (χ1v) is 20.8. The van der Waals surface area contributed by atoms with Crippen LogP contribution in [-0.2, 0) is 5.41 Å². The minimum Gasteiger partial charge on any atom is -0.310 e. The van der Waals surface area contributed by atoms with Gasteiger partial charge in [-0.2, -0.15) is 0 Å². The molecule has 0 heterocycles. The summed E-state index contributed by atoms with van der Waals surface area (Å²) in [5.74, 6) is 0. The van der Waals surface area contributed by atoms with Crippen LogP contribution >= 0.6 is 0 Å². The van der Waals surface area contributed by atoms with Crippen LogP contribution in [0.15, 0.2) is 249 Å². The molecule has 0 saturated heterocycles. The summed E-state index contributed by atoms with van der Waals surface area (Å²) in [6.07, 6.45) is 0. The van der Waals surface area contributed by atoms with Gasteiger partial charge < -0.3 is 4.90 Å². The summed E-state index contributed by atoms with van der Waals surface area (Å²) < 4.78 is 0. The molecule has 0 amide bonds. The van der Waals surface area contributed by atoms with Crippen molar-refractivity contribution in [2.75, 3.05) is 4.90 Å². The summed E-state index contributed by atoms with van der Waals surface area (Å²) in [4.78, 5) is 2.41. The van der Waals surface area contributed by atoms with Crippen LogP contribution in [-0.4, -0.2) is 0 Å². The van der Waals surface area contributed by atoms with Gasteiger partial charge in [-0.25, -0.2) is 0 Å². The topological polar surface area (TPSA) is 3.24 Å². The molecule has 0 atom stereocenters. The smallest absolute Gasteiger partial charge is 0.0713 e. The lowest BCUT2D eigenvalue weighted by atomic mass is 9.67. The lowest BCUT2D eigenvalue weighted by Gasteiger charge is -2.34. The monoisotopic (exact) mass is 763 g/mol. The fourth-order valence-electron chi connectivity index (χ4n) is 9.73. The Balaban J connectivity index is 1.07. The third-order valence-electron chi connectivity index (χ3n) is 12.4. The first-order valence-electron chi connectivity index (χ1n) is 20.8. The van der Waals surface area contributed by atoms with Gasteiger partial charge >= 0.3 is 0 Å². The van der Waals surface area contributed by atoms with Crippen LogP contribution in [0.2, 0.25) is 0 Å². The first-order chi connectivity index (χ1) is 29.8. The molecule has 0 bridgehead atoms. The van der Waals surface area contributed by atoms with E-state index in [1.165, 1.54) is 77.5 Å². The van der Waals surface area contributed by atoms with Gasteiger partial charge in [0.1, 0.15) is 0 Å². The van der Waals surface area contributed by atoms with Crippen molar-refractivity contribution in [1.82, 2.24) is 0 Å². The maximum absolute atomic E-state index is 2.41. The summed E-state index contributed by atoms with van der Waals surface area (Å²) in [5, 5.41) is 2.42. The Bertz CT molecular complexity index is 3060. The van der Waals surface area contributed by atoms with Crippen LogP contribution in [0.4, 0.5) is 17.1 Å². The zero-order chi connectivity index (χ0) is 39.9. The molecule has 282 valence electrons. The van der Waals surface area contributed by atoms with Crippen molar-refractivity contribution in [3.63, 3.8) is 0 Å². The number of hydrogen-bond donors (Lipinski definition) is 0. The average molecular weight is 764 g/mol. The molecule has 0 aliphatic heterocycles. The van der Waals surface area contributed by atoms with E-state index in [2.05, 4.69) is 254 Å². The van der Waals surface area contributed by atoms with E-state index in [9.17, 15) is 0 Å². The molecule has 0 N–H and O–H groups in total. The van der Waals surface area contributed by atoms with Crippen molar-refractivity contribution >= 4 is 27.8 Å². The van der Waals surface area contributed by atoms with Crippen molar-refractivity contribution in [1.29, 1.82) is 0 Å². The Hall–Kier alpha value is -7.74. The molecule has 10 aromatic rings. The fraction of sp³-hybridized carbons (Fsp3) is 0.0169. The Morgan fingerprint density at radius 2 is 0.717 bits per heavy atom. The molecule has 10 aromatic carbocycles. The van der Waals surface area contributed by atoms with Gasteiger partial charge in [-0.05, 0) is 102 Å². The number of nitrogens with zero attached hydrogens (tertiary/aromatic N) is 1. The predicted molar refractivity (Wildman–Crippen MR) is 252 cm³/mol. The Morgan fingerprint density at radius 1 is 0.267 bits per heavy atom. The normalized spacial score (nSPS) is 12.5. The van der Waals surface area contributed by atoms with Crippen LogP contribution in [0.3, 0.4) is 0 Å². The van der Waals surface area contributed by atoms with Crippen LogP contribution in [0, 0.1) is 0 Å². The van der Waals surface area contributed by atoms with Gasteiger partial charge in [-0.1, -0.05) is 218 Å². The second-order valence-electron chi connectivity index (χ2n) is 15.6. The summed E-state index contributed by atoms with van der Waals surface area (Å²) in [6, 6.07) is 90.8. The zero-order valence-electron chi connectivity index (χ0n) is 33.1. The standard InChI is InChI=1S/C59H41N/c1-5-18-42(19-6-1)43-32-36-48(37-33-43)60(57-41-40-50(44-20-7-2-8-21-44)52-26-13-14-27-53(52)57)49-38-34-45(35-39-49)51-29-17-31-56-58(51)54-28-15-16-30-55(54)59(56,46-22-9-3-10-23-46)47-24-11-4-12-25-47/h1-41H. The predicted octanol–water partition coefficient (Wildman–Crippen LogP) is 15.7. The minimum absolute atomic E-state index is 0.444. The van der Waals surface area contributed by atoms with E-state index in [1.54, 1.807) is 0 Å². The van der Waals surface area contributed by atoms with Gasteiger partial charge in [0.05, 0.1) is 11.1 Å². The average Bonchev–Trinajstić information content (AvgIpc) is 3.64. The van der Waals surface area contributed by atoms with E-state index in [0.29, 0.717) is 0 Å². The second kappa shape index (κ2) is 14.9. The van der Waals surface area contributed by atoms with E-state index >= 15 is 0 Å². The van der Waals surface area contributed by atoms with Crippen LogP contribution in [0.5, 0.6) is 0 Å². The van der Waals surface area contributed by atoms with Gasteiger partial charge in [-0.3, -0.25) is 0 Å². The van der Waals surface area contributed by atoms with E-state index in [0.717, 1.165) is 17.1 Å². The molecule has 1 heteroatoms. The number of rotatable bonds is 8. The number of benzene rings is 10. The highest BCUT2D eigenvalue weighted by molar-refractivity contribution is 6.06. The van der Waals surface area contributed by atoms with Crippen LogP contribution in [0.25, 0.3) is 55.3 Å². The lowest BCUT2D eigenvalue weighted by Crippen LogP contribution is -2.28. The summed E-state index contributed by atoms with van der Waals surface area (Å²) in [5.41, 5.74) is 17.9. The molecule has 11 rings (SSSR count). The molecule has 1 aliphatic rings. The molecular weight excluding hydrogens is 723 g/mol. The molecule has 60 heavy (non-hydrogen) atoms. The van der Waals surface area contributed by atoms with Gasteiger partial charge in [0.25, 0.3) is 0 Å². The summed E-state index contributed by atoms with van der Waals surface area (Å²) in [6.45, 7) is 0. The van der Waals surface area contributed by atoms with Gasteiger partial charge in [0, 0.05) is 16.8 Å². The van der Waals surface area contributed by atoms with Crippen molar-refractivity contribution in [3.8, 4) is 44.5 Å². The van der Waals surface area contributed by atoms with Crippen molar-refractivity contribution in [2.45, 2.75) is 5.41 Å². The van der Waals surface area contributed by atoms with Crippen LogP contribution < -0.4 is 4.90 Å². The van der Waals surface area contributed by atoms with Crippen molar-refractivity contribution in [2.24, 2.45) is 0 Å². The van der Waals surface area contributed by atoms with E-state index in [-0.39, 0.29) is 0 Å². The summed E-state index contributed by atoms with van der Waals surface area (Å²) >= 11 is 0. The molecule has 1 aliphatic carbocycles. The molecule has 0 fully saturated rings. The lowest BCUT2D eigenvalue weighted by molar-refractivity contribution is 0.768. The zero-order valence-corrected chi connectivity index (χ0v) is 33.1. The highest BCUT2D eigenvalue weighted by Gasteiger charge is 2.46. The number of hydrogen-bond acceptors (Lipinski definition) is 1. The largest absolute Gasteiger partial charge is 0.310 e. The third-order valence-corrected chi connectivity index (χ3v) is 12.4. The Labute approximate surface area is 352 Å². The van der Waals surface area contributed by atoms with E-state index in [4.69, 9.17) is 0 Å². The molecule has 0 aromatic heterocycles. The van der Waals surface area contributed by atoms with Gasteiger partial charge in [-0.15, -0.1) is 0 Å². The Morgan fingerprint density at radius 3 is 1.35 bits per heavy atom. The summed E-state index contributed by atoms with van der Waals surface area (Å²) in [7, 11) is 0. The second-order valence-corrected chi connectivity index (χ2v) is 15.6. The maximum atomic E-state index is 2.41. The van der Waals surface area contributed by atoms with Crippen LogP contribution in [0.1, 0.15) is 22.3 Å². The number of anilines is 3. The highest BCUT2D eigenvalue weighted by Crippen LogP contribution is 2.58. The minimum atomic E-state index is -0.444.